The Morgan fingerprint density at radius 1 is 1.07 bits per heavy atom. The van der Waals surface area contributed by atoms with Crippen LogP contribution in [-0.4, -0.2) is 32.3 Å². The molecule has 4 rings (SSSR count). The molecule has 2 heterocycles. The van der Waals surface area contributed by atoms with Gasteiger partial charge in [0.2, 0.25) is 0 Å². The summed E-state index contributed by atoms with van der Waals surface area (Å²) in [6.07, 6.45) is 0.735. The highest BCUT2D eigenvalue weighted by molar-refractivity contribution is 6.44. The van der Waals surface area contributed by atoms with Gasteiger partial charge in [-0.15, -0.1) is 0 Å². The van der Waals surface area contributed by atoms with Crippen LogP contribution in [0.4, 0.5) is 5.69 Å². The molecule has 0 atom stereocenters. The number of carbonyl (C=O) groups is 1. The lowest BCUT2D eigenvalue weighted by Gasteiger charge is -2.32. The first-order chi connectivity index (χ1) is 14.2. The van der Waals surface area contributed by atoms with Crippen molar-refractivity contribution in [2.45, 2.75) is 38.4 Å². The lowest BCUT2D eigenvalue weighted by molar-refractivity contribution is -0.256. The van der Waals surface area contributed by atoms with Crippen molar-refractivity contribution in [3.8, 4) is 5.75 Å². The van der Waals surface area contributed by atoms with Crippen LogP contribution < -0.4 is 9.64 Å². The van der Waals surface area contributed by atoms with Crippen molar-refractivity contribution in [1.82, 2.24) is 0 Å². The predicted octanol–water partition coefficient (Wildman–Crippen LogP) is 5.31. The molecule has 1 spiro atoms. The Morgan fingerprint density at radius 2 is 1.73 bits per heavy atom. The minimum Gasteiger partial charge on any atom is -0.492 e. The van der Waals surface area contributed by atoms with Crippen LogP contribution in [0, 0.1) is 0 Å². The minimum atomic E-state index is -1.45. The van der Waals surface area contributed by atoms with Crippen LogP contribution >= 0.6 is 23.2 Å². The van der Waals surface area contributed by atoms with E-state index in [1.54, 1.807) is 17.0 Å². The van der Waals surface area contributed by atoms with Crippen LogP contribution in [0.5, 0.6) is 5.75 Å². The van der Waals surface area contributed by atoms with E-state index in [1.165, 1.54) is 5.56 Å². The Balaban J connectivity index is 1.53. The Bertz CT molecular complexity index is 947. The molecule has 1 amide bonds. The Kier molecular flexibility index (Phi) is 5.75. The molecule has 30 heavy (non-hydrogen) atoms. The second-order valence-electron chi connectivity index (χ2n) is 8.50. The molecular weight excluding hydrogens is 425 g/mol. The summed E-state index contributed by atoms with van der Waals surface area (Å²) in [5.41, 5.74) is 2.43. The van der Waals surface area contributed by atoms with Gasteiger partial charge in [-0.05, 0) is 41.7 Å². The summed E-state index contributed by atoms with van der Waals surface area (Å²) in [5, 5.41) is 0.687. The number of fused-ring (bicyclic) bond motifs is 2. The van der Waals surface area contributed by atoms with Crippen molar-refractivity contribution < 1.29 is 19.0 Å². The van der Waals surface area contributed by atoms with E-state index < -0.39 is 5.79 Å². The van der Waals surface area contributed by atoms with Crippen LogP contribution in [-0.2, 0) is 25.5 Å². The van der Waals surface area contributed by atoms with Gasteiger partial charge in [-0.2, -0.15) is 0 Å². The minimum absolute atomic E-state index is 0.0779. The third-order valence-corrected chi connectivity index (χ3v) is 6.22. The molecule has 2 aliphatic heterocycles. The van der Waals surface area contributed by atoms with Gasteiger partial charge in [0.05, 0.1) is 35.5 Å². The van der Waals surface area contributed by atoms with Crippen molar-refractivity contribution >= 4 is 34.8 Å². The lowest BCUT2D eigenvalue weighted by Crippen LogP contribution is -2.48. The number of anilines is 1. The van der Waals surface area contributed by atoms with Gasteiger partial charge in [-0.25, -0.2) is 0 Å². The molecule has 1 saturated heterocycles. The zero-order valence-corrected chi connectivity index (χ0v) is 18.8. The SMILES string of the molecule is CC(C)(C)c1ccc(OCCN2C(=O)C3(OCCCO3)c3ccc(Cl)c(Cl)c32)cc1. The van der Waals surface area contributed by atoms with Crippen LogP contribution in [0.15, 0.2) is 36.4 Å². The maximum Gasteiger partial charge on any atom is 0.292 e. The fourth-order valence-electron chi connectivity index (χ4n) is 3.79. The lowest BCUT2D eigenvalue weighted by atomic mass is 9.87. The summed E-state index contributed by atoms with van der Waals surface area (Å²) < 4.78 is 17.6. The standard InChI is InChI=1S/C23H25Cl2NO4/c1-22(2,3)15-5-7-16(8-6-15)28-14-11-26-20-17(9-10-18(24)19(20)25)23(21(26)27)29-12-4-13-30-23/h5-10H,4,11-14H2,1-3H3. The first-order valence-corrected chi connectivity index (χ1v) is 10.8. The highest BCUT2D eigenvalue weighted by atomic mass is 35.5. The molecular formula is C23H25Cl2NO4. The zero-order chi connectivity index (χ0) is 21.5. The maximum absolute atomic E-state index is 13.3. The summed E-state index contributed by atoms with van der Waals surface area (Å²) >= 11 is 12.7. The van der Waals surface area contributed by atoms with Gasteiger partial charge in [-0.1, -0.05) is 56.1 Å². The predicted molar refractivity (Wildman–Crippen MR) is 118 cm³/mol. The normalized spacial score (nSPS) is 18.0. The highest BCUT2D eigenvalue weighted by Gasteiger charge is 2.55. The van der Waals surface area contributed by atoms with E-state index in [-0.39, 0.29) is 11.3 Å². The van der Waals surface area contributed by atoms with Crippen molar-refractivity contribution in [2.75, 3.05) is 31.3 Å². The number of hydrogen-bond acceptors (Lipinski definition) is 4. The Hall–Kier alpha value is -1.79. The fourth-order valence-corrected chi connectivity index (χ4v) is 4.21. The third-order valence-electron chi connectivity index (χ3n) is 5.42. The summed E-state index contributed by atoms with van der Waals surface area (Å²) in [6.45, 7) is 7.96. The molecule has 1 fully saturated rings. The molecule has 2 aromatic carbocycles. The number of benzene rings is 2. The van der Waals surface area contributed by atoms with Crippen molar-refractivity contribution in [1.29, 1.82) is 0 Å². The number of nitrogens with zero attached hydrogens (tertiary/aromatic N) is 1. The van der Waals surface area contributed by atoms with Crippen LogP contribution in [0.25, 0.3) is 0 Å². The number of halogens is 2. The monoisotopic (exact) mass is 449 g/mol. The molecule has 160 valence electrons. The van der Waals surface area contributed by atoms with Crippen molar-refractivity contribution in [3.63, 3.8) is 0 Å². The summed E-state index contributed by atoms with van der Waals surface area (Å²) in [7, 11) is 0. The summed E-state index contributed by atoms with van der Waals surface area (Å²) in [6, 6.07) is 11.4. The van der Waals surface area contributed by atoms with E-state index in [0.717, 1.165) is 12.2 Å². The molecule has 0 saturated carbocycles. The molecule has 0 bridgehead atoms. The van der Waals surface area contributed by atoms with Gasteiger partial charge < -0.3 is 19.1 Å². The maximum atomic E-state index is 13.3. The van der Waals surface area contributed by atoms with Gasteiger partial charge in [0.25, 0.3) is 11.7 Å². The molecule has 0 aromatic heterocycles. The van der Waals surface area contributed by atoms with E-state index in [1.807, 2.05) is 12.1 Å². The van der Waals surface area contributed by atoms with Gasteiger partial charge in [0.1, 0.15) is 12.4 Å². The Labute approximate surface area is 186 Å². The molecule has 0 radical (unpaired) electrons. The second kappa shape index (κ2) is 8.04. The molecule has 0 unspecified atom stereocenters. The van der Waals surface area contributed by atoms with E-state index in [4.69, 9.17) is 37.4 Å². The highest BCUT2D eigenvalue weighted by Crippen LogP contribution is 2.50. The topological polar surface area (TPSA) is 48.0 Å². The molecule has 0 N–H and O–H groups in total. The number of rotatable bonds is 4. The van der Waals surface area contributed by atoms with Crippen LogP contribution in [0.1, 0.15) is 38.3 Å². The average Bonchev–Trinajstić information content (AvgIpc) is 2.94. The van der Waals surface area contributed by atoms with Gasteiger partial charge in [-0.3, -0.25) is 4.79 Å². The first-order valence-electron chi connectivity index (χ1n) is 10.1. The van der Waals surface area contributed by atoms with Crippen LogP contribution in [0.3, 0.4) is 0 Å². The number of ether oxygens (including phenoxy) is 3. The smallest absolute Gasteiger partial charge is 0.292 e. The molecule has 2 aromatic rings. The first kappa shape index (κ1) is 21.4. The number of hydrogen-bond donors (Lipinski definition) is 0. The molecule has 7 heteroatoms. The van der Waals surface area contributed by atoms with Crippen molar-refractivity contribution in [2.24, 2.45) is 0 Å². The third kappa shape index (κ3) is 3.69. The zero-order valence-electron chi connectivity index (χ0n) is 17.3. The van der Waals surface area contributed by atoms with E-state index >= 15 is 0 Å². The molecule has 5 nitrogen and oxygen atoms in total. The van der Waals surface area contributed by atoms with Crippen molar-refractivity contribution in [3.05, 3.63) is 57.6 Å². The fraction of sp³-hybridized carbons (Fsp3) is 0.435. The quantitative estimate of drug-likeness (QED) is 0.634. The average molecular weight is 450 g/mol. The summed E-state index contributed by atoms with van der Waals surface area (Å²) in [4.78, 5) is 14.9. The number of carbonyl (C=O) groups excluding carboxylic acids is 1. The molecule has 0 aliphatic carbocycles. The van der Waals surface area contributed by atoms with Gasteiger partial charge in [0, 0.05) is 5.56 Å². The van der Waals surface area contributed by atoms with Crippen LogP contribution in [0.2, 0.25) is 10.0 Å². The number of amides is 1. The van der Waals surface area contributed by atoms with E-state index in [0.29, 0.717) is 47.7 Å². The van der Waals surface area contributed by atoms with Gasteiger partial charge in [0.15, 0.2) is 0 Å². The molecule has 2 aliphatic rings. The Morgan fingerprint density at radius 3 is 2.37 bits per heavy atom. The summed E-state index contributed by atoms with van der Waals surface area (Å²) in [5.74, 6) is -1.00. The van der Waals surface area contributed by atoms with E-state index in [2.05, 4.69) is 32.9 Å². The van der Waals surface area contributed by atoms with Gasteiger partial charge >= 0.3 is 0 Å². The largest absolute Gasteiger partial charge is 0.492 e. The second-order valence-corrected chi connectivity index (χ2v) is 9.29. The van der Waals surface area contributed by atoms with E-state index in [9.17, 15) is 4.79 Å².